The van der Waals surface area contributed by atoms with Gasteiger partial charge in [-0.2, -0.15) is 0 Å². The van der Waals surface area contributed by atoms with Crippen molar-refractivity contribution in [1.82, 2.24) is 10.3 Å². The maximum Gasteiger partial charge on any atom is 0.123 e. The molecule has 0 aliphatic carbocycles. The molecular weight excluding hydrogens is 299 g/mol. The van der Waals surface area contributed by atoms with E-state index in [1.165, 1.54) is 12.1 Å². The molecule has 3 rings (SSSR count). The lowest BCUT2D eigenvalue weighted by atomic mass is 10.0. The van der Waals surface area contributed by atoms with E-state index in [4.69, 9.17) is 6.42 Å². The Bertz CT molecular complexity index is 836. The first-order valence-electron chi connectivity index (χ1n) is 7.70. The van der Waals surface area contributed by atoms with Crippen molar-refractivity contribution >= 4 is 0 Å². The lowest BCUT2D eigenvalue weighted by Gasteiger charge is -2.14. The molecule has 1 aromatic heterocycles. The lowest BCUT2D eigenvalue weighted by Crippen LogP contribution is -2.19. The zero-order valence-corrected chi connectivity index (χ0v) is 13.1. The van der Waals surface area contributed by atoms with Crippen LogP contribution in [0, 0.1) is 18.2 Å². The Hall–Kier alpha value is -2.96. The molecule has 24 heavy (non-hydrogen) atoms. The van der Waals surface area contributed by atoms with E-state index in [0.717, 1.165) is 22.3 Å². The van der Waals surface area contributed by atoms with Crippen LogP contribution in [0.2, 0.25) is 0 Å². The number of nitrogens with zero attached hydrogens (tertiary/aromatic N) is 1. The SMILES string of the molecule is C#C[C@H](NCc1cccc(-c2cccnc2)c1)c1ccc(F)cc1. The molecule has 3 heteroatoms. The second kappa shape index (κ2) is 7.54. The molecule has 1 N–H and O–H groups in total. The monoisotopic (exact) mass is 316 g/mol. The van der Waals surface area contributed by atoms with Crippen LogP contribution in [-0.4, -0.2) is 4.98 Å². The Morgan fingerprint density at radius 3 is 2.54 bits per heavy atom. The molecular formula is C21H17FN2. The van der Waals surface area contributed by atoms with Crippen LogP contribution < -0.4 is 5.32 Å². The van der Waals surface area contributed by atoms with E-state index in [9.17, 15) is 4.39 Å². The van der Waals surface area contributed by atoms with Crippen LogP contribution in [0.4, 0.5) is 4.39 Å². The fourth-order valence-electron chi connectivity index (χ4n) is 2.54. The molecule has 0 spiro atoms. The number of aromatic nitrogens is 1. The Morgan fingerprint density at radius 1 is 1.04 bits per heavy atom. The highest BCUT2D eigenvalue weighted by atomic mass is 19.1. The third kappa shape index (κ3) is 3.87. The second-order valence-electron chi connectivity index (χ2n) is 5.47. The number of hydrogen-bond acceptors (Lipinski definition) is 2. The number of pyridine rings is 1. The van der Waals surface area contributed by atoms with Crippen LogP contribution in [0.1, 0.15) is 17.2 Å². The van der Waals surface area contributed by atoms with Gasteiger partial charge in [0.1, 0.15) is 5.82 Å². The van der Waals surface area contributed by atoms with Gasteiger partial charge in [0, 0.05) is 18.9 Å². The zero-order valence-electron chi connectivity index (χ0n) is 13.1. The second-order valence-corrected chi connectivity index (χ2v) is 5.47. The summed E-state index contributed by atoms with van der Waals surface area (Å²) in [6.45, 7) is 0.625. The molecule has 0 bridgehead atoms. The number of rotatable bonds is 5. The Balaban J connectivity index is 1.72. The number of benzene rings is 2. The molecule has 0 saturated heterocycles. The Labute approximate surface area is 141 Å². The minimum atomic E-state index is -0.265. The van der Waals surface area contributed by atoms with Gasteiger partial charge < -0.3 is 0 Å². The first kappa shape index (κ1) is 15.9. The van der Waals surface area contributed by atoms with Crippen LogP contribution in [0.3, 0.4) is 0 Å². The minimum absolute atomic E-state index is 0.257. The molecule has 0 unspecified atom stereocenters. The summed E-state index contributed by atoms with van der Waals surface area (Å²) in [5.41, 5.74) is 4.19. The van der Waals surface area contributed by atoms with Crippen LogP contribution >= 0.6 is 0 Å². The van der Waals surface area contributed by atoms with Crippen molar-refractivity contribution < 1.29 is 4.39 Å². The van der Waals surface area contributed by atoms with Gasteiger partial charge in [0.05, 0.1) is 6.04 Å². The van der Waals surface area contributed by atoms with Gasteiger partial charge >= 0.3 is 0 Å². The normalized spacial score (nSPS) is 11.7. The highest BCUT2D eigenvalue weighted by Gasteiger charge is 2.08. The number of hydrogen-bond donors (Lipinski definition) is 1. The molecule has 0 aliphatic rings. The van der Waals surface area contributed by atoms with E-state index >= 15 is 0 Å². The van der Waals surface area contributed by atoms with Crippen molar-refractivity contribution in [1.29, 1.82) is 0 Å². The predicted octanol–water partition coefficient (Wildman–Crippen LogP) is 4.35. The van der Waals surface area contributed by atoms with Gasteiger partial charge in [0.25, 0.3) is 0 Å². The Kier molecular flexibility index (Phi) is 5.00. The number of halogens is 1. The Morgan fingerprint density at radius 2 is 1.83 bits per heavy atom. The third-order valence-corrected chi connectivity index (χ3v) is 3.80. The highest BCUT2D eigenvalue weighted by Crippen LogP contribution is 2.20. The molecule has 0 radical (unpaired) electrons. The maximum absolute atomic E-state index is 13.0. The summed E-state index contributed by atoms with van der Waals surface area (Å²) in [5.74, 6) is 2.45. The maximum atomic E-state index is 13.0. The summed E-state index contributed by atoms with van der Waals surface area (Å²) in [7, 11) is 0. The van der Waals surface area contributed by atoms with Crippen molar-refractivity contribution in [2.24, 2.45) is 0 Å². The first-order chi connectivity index (χ1) is 11.8. The quantitative estimate of drug-likeness (QED) is 0.708. The average Bonchev–Trinajstić information content (AvgIpc) is 2.64. The van der Waals surface area contributed by atoms with Gasteiger partial charge in [0.15, 0.2) is 0 Å². The van der Waals surface area contributed by atoms with Crippen LogP contribution in [0.25, 0.3) is 11.1 Å². The van der Waals surface area contributed by atoms with Gasteiger partial charge in [-0.05, 0) is 46.5 Å². The third-order valence-electron chi connectivity index (χ3n) is 3.80. The zero-order chi connectivity index (χ0) is 16.8. The molecule has 1 heterocycles. The molecule has 0 saturated carbocycles. The molecule has 0 amide bonds. The van der Waals surface area contributed by atoms with E-state index in [1.807, 2.05) is 30.5 Å². The minimum Gasteiger partial charge on any atom is -0.296 e. The van der Waals surface area contributed by atoms with Crippen molar-refractivity contribution in [3.05, 3.63) is 90.0 Å². The average molecular weight is 316 g/mol. The largest absolute Gasteiger partial charge is 0.296 e. The summed E-state index contributed by atoms with van der Waals surface area (Å²) in [6, 6.07) is 18.2. The molecule has 3 aromatic rings. The fourth-order valence-corrected chi connectivity index (χ4v) is 2.54. The van der Waals surface area contributed by atoms with Crippen molar-refractivity contribution in [3.8, 4) is 23.5 Å². The molecule has 0 aliphatic heterocycles. The first-order valence-corrected chi connectivity index (χ1v) is 7.70. The van der Waals surface area contributed by atoms with Crippen LogP contribution in [0.15, 0.2) is 73.1 Å². The molecule has 2 aromatic carbocycles. The molecule has 0 fully saturated rings. The van der Waals surface area contributed by atoms with E-state index < -0.39 is 0 Å². The van der Waals surface area contributed by atoms with E-state index in [1.54, 1.807) is 18.3 Å². The van der Waals surface area contributed by atoms with Gasteiger partial charge in [-0.15, -0.1) is 6.42 Å². The summed E-state index contributed by atoms with van der Waals surface area (Å²) in [4.78, 5) is 4.15. The van der Waals surface area contributed by atoms with Crippen molar-refractivity contribution in [2.75, 3.05) is 0 Å². The lowest BCUT2D eigenvalue weighted by molar-refractivity contribution is 0.616. The highest BCUT2D eigenvalue weighted by molar-refractivity contribution is 5.62. The molecule has 1 atom stereocenters. The summed E-state index contributed by atoms with van der Waals surface area (Å²) in [6.07, 6.45) is 9.22. The molecule has 118 valence electrons. The summed E-state index contributed by atoms with van der Waals surface area (Å²) in [5, 5.41) is 3.33. The van der Waals surface area contributed by atoms with Gasteiger partial charge in [-0.25, -0.2) is 4.39 Å². The van der Waals surface area contributed by atoms with Gasteiger partial charge in [-0.1, -0.05) is 42.3 Å². The van der Waals surface area contributed by atoms with E-state index in [2.05, 4.69) is 28.4 Å². The number of nitrogens with one attached hydrogen (secondary N) is 1. The van der Waals surface area contributed by atoms with Crippen LogP contribution in [0.5, 0.6) is 0 Å². The molecule has 2 nitrogen and oxygen atoms in total. The van der Waals surface area contributed by atoms with E-state index in [0.29, 0.717) is 6.54 Å². The predicted molar refractivity (Wildman–Crippen MR) is 94.5 cm³/mol. The summed E-state index contributed by atoms with van der Waals surface area (Å²) >= 11 is 0. The van der Waals surface area contributed by atoms with Crippen molar-refractivity contribution in [3.63, 3.8) is 0 Å². The van der Waals surface area contributed by atoms with Gasteiger partial charge in [0.2, 0.25) is 0 Å². The fraction of sp³-hybridized carbons (Fsp3) is 0.0952. The summed E-state index contributed by atoms with van der Waals surface area (Å²) < 4.78 is 13.0. The van der Waals surface area contributed by atoms with Crippen molar-refractivity contribution in [2.45, 2.75) is 12.6 Å². The van der Waals surface area contributed by atoms with E-state index in [-0.39, 0.29) is 11.9 Å². The van der Waals surface area contributed by atoms with Gasteiger partial charge in [-0.3, -0.25) is 10.3 Å². The standard InChI is InChI=1S/C21H17FN2/c1-2-21(17-8-10-20(22)11-9-17)24-14-16-5-3-6-18(13-16)19-7-4-12-23-15-19/h1,3-13,15,21,24H,14H2/t21-/m0/s1. The smallest absolute Gasteiger partial charge is 0.123 e. The van der Waals surface area contributed by atoms with Crippen LogP contribution in [-0.2, 0) is 6.54 Å². The topological polar surface area (TPSA) is 24.9 Å². The number of terminal acetylenes is 1.